The van der Waals surface area contributed by atoms with Crippen LogP contribution >= 0.6 is 0 Å². The molecule has 0 saturated heterocycles. The maximum absolute atomic E-state index is 12.9. The number of anilines is 2. The molecule has 0 amide bonds. The molecule has 2 aromatic carbocycles. The van der Waals surface area contributed by atoms with Crippen LogP contribution in [0.25, 0.3) is 0 Å². The minimum Gasteiger partial charge on any atom is -0.298 e. The lowest BCUT2D eigenvalue weighted by Gasteiger charge is -2.38. The van der Waals surface area contributed by atoms with Crippen LogP contribution in [-0.2, 0) is 13.2 Å². The molecule has 0 radical (unpaired) electrons. The van der Waals surface area contributed by atoms with E-state index < -0.39 is 0 Å². The van der Waals surface area contributed by atoms with Crippen molar-refractivity contribution in [1.82, 2.24) is 14.5 Å². The molecule has 138 valence electrons. The molecule has 1 aliphatic rings. The van der Waals surface area contributed by atoms with E-state index in [9.17, 15) is 4.79 Å². The number of para-hydroxylation sites is 1. The molecule has 0 fully saturated rings. The summed E-state index contributed by atoms with van der Waals surface area (Å²) in [5.74, 6) is 0.717. The molecule has 1 aromatic heterocycles. The Kier molecular flexibility index (Phi) is 4.54. The number of hydrogen-bond acceptors (Lipinski definition) is 4. The van der Waals surface area contributed by atoms with Crippen molar-refractivity contribution in [3.8, 4) is 0 Å². The van der Waals surface area contributed by atoms with E-state index in [1.807, 2.05) is 32.0 Å². The zero-order valence-electron chi connectivity index (χ0n) is 16.0. The smallest absolute Gasteiger partial charge is 0.259 e. The predicted octanol–water partition coefficient (Wildman–Crippen LogP) is 3.74. The van der Waals surface area contributed by atoms with Crippen molar-refractivity contribution in [2.75, 3.05) is 11.6 Å². The molecule has 2 heterocycles. The summed E-state index contributed by atoms with van der Waals surface area (Å²) in [4.78, 5) is 22.1. The van der Waals surface area contributed by atoms with Crippen LogP contribution in [-0.4, -0.2) is 21.1 Å². The molecule has 3 aromatic rings. The summed E-state index contributed by atoms with van der Waals surface area (Å²) in [5, 5.41) is 0. The van der Waals surface area contributed by atoms with E-state index in [2.05, 4.69) is 53.1 Å². The van der Waals surface area contributed by atoms with Crippen molar-refractivity contribution in [2.45, 2.75) is 34.0 Å². The summed E-state index contributed by atoms with van der Waals surface area (Å²) in [6.07, 6.45) is 0. The van der Waals surface area contributed by atoms with Gasteiger partial charge in [-0.1, -0.05) is 48.0 Å². The van der Waals surface area contributed by atoms with Crippen molar-refractivity contribution < 1.29 is 0 Å². The number of nitrogens with zero attached hydrogens (tertiary/aromatic N) is 4. The van der Waals surface area contributed by atoms with Gasteiger partial charge in [-0.3, -0.25) is 19.2 Å². The Hall–Kier alpha value is -2.92. The van der Waals surface area contributed by atoms with Crippen LogP contribution in [0.2, 0.25) is 0 Å². The van der Waals surface area contributed by atoms with Crippen LogP contribution < -0.4 is 10.5 Å². The predicted molar refractivity (Wildman–Crippen MR) is 108 cm³/mol. The summed E-state index contributed by atoms with van der Waals surface area (Å²) in [6.45, 7) is 7.85. The van der Waals surface area contributed by atoms with Crippen LogP contribution in [0.1, 0.15) is 22.4 Å². The summed E-state index contributed by atoms with van der Waals surface area (Å²) < 4.78 is 1.78. The number of fused-ring (bicyclic) bond motifs is 1. The Bertz CT molecular complexity index is 1010. The Balaban J connectivity index is 1.75. The molecular weight excluding hydrogens is 336 g/mol. The number of aryl methyl sites for hydroxylation is 2. The lowest BCUT2D eigenvalue weighted by atomic mass is 10.1. The Morgan fingerprint density at radius 1 is 0.926 bits per heavy atom. The number of benzene rings is 2. The summed E-state index contributed by atoms with van der Waals surface area (Å²) in [7, 11) is 0. The van der Waals surface area contributed by atoms with Crippen LogP contribution in [0.4, 0.5) is 11.6 Å². The average molecular weight is 360 g/mol. The second kappa shape index (κ2) is 7.00. The molecule has 4 rings (SSSR count). The quantitative estimate of drug-likeness (QED) is 0.714. The van der Waals surface area contributed by atoms with E-state index >= 15 is 0 Å². The maximum atomic E-state index is 12.9. The van der Waals surface area contributed by atoms with Gasteiger partial charge in [-0.15, -0.1) is 0 Å². The van der Waals surface area contributed by atoms with E-state index in [1.54, 1.807) is 4.57 Å². The van der Waals surface area contributed by atoms with Crippen molar-refractivity contribution in [3.63, 3.8) is 0 Å². The molecule has 0 spiro atoms. The average Bonchev–Trinajstić information content (AvgIpc) is 2.69. The first kappa shape index (κ1) is 17.5. The van der Waals surface area contributed by atoms with Crippen LogP contribution in [0.3, 0.4) is 0 Å². The fourth-order valence-corrected chi connectivity index (χ4v) is 3.44. The summed E-state index contributed by atoms with van der Waals surface area (Å²) in [5.41, 5.74) is 5.06. The van der Waals surface area contributed by atoms with Gasteiger partial charge in [0.25, 0.3) is 5.56 Å². The van der Waals surface area contributed by atoms with E-state index in [0.29, 0.717) is 18.9 Å². The third-order valence-corrected chi connectivity index (χ3v) is 5.14. The molecule has 1 aliphatic heterocycles. The highest BCUT2D eigenvalue weighted by Crippen LogP contribution is 2.28. The minimum atomic E-state index is 0.0343. The molecular formula is C22H24N4O. The molecule has 0 unspecified atom stereocenters. The van der Waals surface area contributed by atoms with E-state index in [4.69, 9.17) is 4.98 Å². The monoisotopic (exact) mass is 360 g/mol. The fourth-order valence-electron chi connectivity index (χ4n) is 3.44. The van der Waals surface area contributed by atoms with E-state index in [0.717, 1.165) is 23.9 Å². The zero-order chi connectivity index (χ0) is 19.0. The minimum absolute atomic E-state index is 0.0343. The van der Waals surface area contributed by atoms with Crippen molar-refractivity contribution in [2.24, 2.45) is 0 Å². The lowest BCUT2D eigenvalue weighted by molar-refractivity contribution is 0.190. The van der Waals surface area contributed by atoms with Gasteiger partial charge < -0.3 is 0 Å². The summed E-state index contributed by atoms with van der Waals surface area (Å²) in [6, 6.07) is 18.7. The fraction of sp³-hybridized carbons (Fsp3) is 0.273. The van der Waals surface area contributed by atoms with Gasteiger partial charge in [0.1, 0.15) is 0 Å². The van der Waals surface area contributed by atoms with Gasteiger partial charge in [-0.25, -0.2) is 4.98 Å². The van der Waals surface area contributed by atoms with E-state index in [1.165, 1.54) is 11.1 Å². The molecule has 5 heteroatoms. The SMILES string of the molecule is Cc1ccc(CN2CN(c3ccccc3)c3nc(C)c(C)c(=O)n3C2)cc1. The number of rotatable bonds is 3. The highest BCUT2D eigenvalue weighted by molar-refractivity contribution is 5.58. The highest BCUT2D eigenvalue weighted by atomic mass is 16.1. The second-order valence-corrected chi connectivity index (χ2v) is 7.22. The van der Waals surface area contributed by atoms with Crippen LogP contribution in [0.5, 0.6) is 0 Å². The van der Waals surface area contributed by atoms with Gasteiger partial charge in [0.05, 0.1) is 13.3 Å². The van der Waals surface area contributed by atoms with Crippen molar-refractivity contribution in [1.29, 1.82) is 0 Å². The maximum Gasteiger partial charge on any atom is 0.259 e. The molecule has 0 saturated carbocycles. The zero-order valence-corrected chi connectivity index (χ0v) is 16.0. The third-order valence-electron chi connectivity index (χ3n) is 5.14. The Labute approximate surface area is 159 Å². The first-order chi connectivity index (χ1) is 13.0. The second-order valence-electron chi connectivity index (χ2n) is 7.22. The molecule has 0 bridgehead atoms. The first-order valence-corrected chi connectivity index (χ1v) is 9.21. The summed E-state index contributed by atoms with van der Waals surface area (Å²) >= 11 is 0. The molecule has 0 aliphatic carbocycles. The molecule has 0 atom stereocenters. The topological polar surface area (TPSA) is 41.4 Å². The van der Waals surface area contributed by atoms with Crippen molar-refractivity contribution in [3.05, 3.63) is 87.3 Å². The molecule has 27 heavy (non-hydrogen) atoms. The standard InChI is InChI=1S/C22H24N4O/c1-16-9-11-19(12-10-16)13-24-14-25(20-7-5-4-6-8-20)22-23-18(3)17(2)21(27)26(22)15-24/h4-12H,13-15H2,1-3H3. The van der Waals surface area contributed by atoms with Crippen LogP contribution in [0, 0.1) is 20.8 Å². The van der Waals surface area contributed by atoms with Gasteiger partial charge in [-0.05, 0) is 38.5 Å². The normalized spacial score (nSPS) is 14.3. The van der Waals surface area contributed by atoms with Gasteiger partial charge in [-0.2, -0.15) is 0 Å². The third kappa shape index (κ3) is 3.38. The first-order valence-electron chi connectivity index (χ1n) is 9.21. The molecule has 5 nitrogen and oxygen atoms in total. The highest BCUT2D eigenvalue weighted by Gasteiger charge is 2.27. The number of hydrogen-bond donors (Lipinski definition) is 0. The van der Waals surface area contributed by atoms with Crippen LogP contribution in [0.15, 0.2) is 59.4 Å². The van der Waals surface area contributed by atoms with E-state index in [-0.39, 0.29) is 5.56 Å². The largest absolute Gasteiger partial charge is 0.298 e. The lowest BCUT2D eigenvalue weighted by Crippen LogP contribution is -2.47. The van der Waals surface area contributed by atoms with Gasteiger partial charge in [0, 0.05) is 23.5 Å². The Morgan fingerprint density at radius 2 is 1.63 bits per heavy atom. The van der Waals surface area contributed by atoms with Gasteiger partial charge >= 0.3 is 0 Å². The Morgan fingerprint density at radius 3 is 2.33 bits per heavy atom. The van der Waals surface area contributed by atoms with Crippen molar-refractivity contribution >= 4 is 11.6 Å². The van der Waals surface area contributed by atoms with Gasteiger partial charge in [0.15, 0.2) is 0 Å². The van der Waals surface area contributed by atoms with Gasteiger partial charge in [0.2, 0.25) is 5.95 Å². The molecule has 0 N–H and O–H groups in total. The number of aromatic nitrogens is 2.